The van der Waals surface area contributed by atoms with E-state index in [1.165, 1.54) is 18.2 Å². The first-order valence-electron chi connectivity index (χ1n) is 5.25. The van der Waals surface area contributed by atoms with Crippen LogP contribution in [0, 0.1) is 12.7 Å². The molecule has 0 aliphatic heterocycles. The lowest BCUT2D eigenvalue weighted by Gasteiger charge is -2.06. The molecule has 0 radical (unpaired) electrons. The molecule has 0 saturated carbocycles. The summed E-state index contributed by atoms with van der Waals surface area (Å²) in [6.45, 7) is 1.86. The van der Waals surface area contributed by atoms with Gasteiger partial charge in [-0.05, 0) is 53.2 Å². The molecule has 0 bridgehead atoms. The normalized spacial score (nSPS) is 10.2. The van der Waals surface area contributed by atoms with Crippen molar-refractivity contribution in [1.29, 1.82) is 0 Å². The molecule has 1 aromatic heterocycles. The molecule has 0 saturated heterocycles. The zero-order valence-electron chi connectivity index (χ0n) is 9.58. The van der Waals surface area contributed by atoms with E-state index >= 15 is 0 Å². The number of amides is 1. The average Bonchev–Trinajstić information content (AvgIpc) is 2.35. The number of pyridine rings is 1. The number of aromatic nitrogens is 1. The van der Waals surface area contributed by atoms with Gasteiger partial charge in [0.05, 0.1) is 17.4 Å². The lowest BCUT2D eigenvalue weighted by molar-refractivity contribution is 0.102. The van der Waals surface area contributed by atoms with E-state index in [9.17, 15) is 9.18 Å². The van der Waals surface area contributed by atoms with E-state index in [1.807, 2.05) is 6.92 Å². The Kier molecular flexibility index (Phi) is 3.72. The minimum absolute atomic E-state index is 0.246. The number of halogens is 2. The molecule has 0 aliphatic rings. The highest BCUT2D eigenvalue weighted by atomic mass is 79.9. The van der Waals surface area contributed by atoms with Gasteiger partial charge in [-0.25, -0.2) is 4.39 Å². The Bertz CT molecular complexity index is 584. The van der Waals surface area contributed by atoms with Crippen molar-refractivity contribution in [1.82, 2.24) is 4.98 Å². The van der Waals surface area contributed by atoms with Crippen molar-refractivity contribution in [2.24, 2.45) is 0 Å². The first-order valence-corrected chi connectivity index (χ1v) is 6.04. The van der Waals surface area contributed by atoms with Crippen molar-refractivity contribution in [2.75, 3.05) is 5.32 Å². The second kappa shape index (κ2) is 5.27. The van der Waals surface area contributed by atoms with Gasteiger partial charge in [0, 0.05) is 10.2 Å². The number of rotatable bonds is 2. The van der Waals surface area contributed by atoms with Crippen LogP contribution in [0.5, 0.6) is 0 Å². The summed E-state index contributed by atoms with van der Waals surface area (Å²) in [6.07, 6.45) is 1.56. The third-order valence-corrected chi connectivity index (χ3v) is 3.03. The number of carbonyl (C=O) groups excluding carboxylic acids is 1. The van der Waals surface area contributed by atoms with Crippen LogP contribution in [0.2, 0.25) is 0 Å². The lowest BCUT2D eigenvalue weighted by Crippen LogP contribution is -2.13. The van der Waals surface area contributed by atoms with Crippen LogP contribution in [0.3, 0.4) is 0 Å². The van der Waals surface area contributed by atoms with Crippen LogP contribution < -0.4 is 5.32 Å². The lowest BCUT2D eigenvalue weighted by atomic mass is 10.2. The van der Waals surface area contributed by atoms with E-state index in [2.05, 4.69) is 26.2 Å². The predicted octanol–water partition coefficient (Wildman–Crippen LogP) is 3.54. The minimum atomic E-state index is -0.453. The fraction of sp³-hybridized carbons (Fsp3) is 0.0769. The van der Waals surface area contributed by atoms with E-state index in [4.69, 9.17) is 0 Å². The van der Waals surface area contributed by atoms with Gasteiger partial charge in [0.25, 0.3) is 5.91 Å². The van der Waals surface area contributed by atoms with Crippen LogP contribution in [-0.2, 0) is 0 Å². The zero-order valence-corrected chi connectivity index (χ0v) is 11.2. The summed E-state index contributed by atoms with van der Waals surface area (Å²) in [5.41, 5.74) is 1.68. The maximum absolute atomic E-state index is 13.1. The van der Waals surface area contributed by atoms with Crippen molar-refractivity contribution in [3.05, 3.63) is 58.1 Å². The summed E-state index contributed by atoms with van der Waals surface area (Å²) in [5, 5.41) is 2.66. The molecule has 0 unspecified atom stereocenters. The predicted molar refractivity (Wildman–Crippen MR) is 71.0 cm³/mol. The van der Waals surface area contributed by atoms with Crippen molar-refractivity contribution in [3.8, 4) is 0 Å². The number of aryl methyl sites for hydroxylation is 1. The molecular weight excluding hydrogens is 299 g/mol. The highest BCUT2D eigenvalue weighted by Gasteiger charge is 2.11. The summed E-state index contributed by atoms with van der Waals surface area (Å²) in [7, 11) is 0. The highest BCUT2D eigenvalue weighted by Crippen LogP contribution is 2.19. The second-order valence-electron chi connectivity index (χ2n) is 3.77. The SMILES string of the molecule is Cc1ccc(NC(=O)c2cc(F)ccc2Br)cn1. The van der Waals surface area contributed by atoms with Gasteiger partial charge < -0.3 is 5.32 Å². The van der Waals surface area contributed by atoms with Gasteiger partial charge in [0.15, 0.2) is 0 Å². The van der Waals surface area contributed by atoms with Crippen LogP contribution in [0.25, 0.3) is 0 Å². The van der Waals surface area contributed by atoms with Crippen LogP contribution in [-0.4, -0.2) is 10.9 Å². The molecule has 1 N–H and O–H groups in total. The summed E-state index contributed by atoms with van der Waals surface area (Å²) >= 11 is 3.21. The summed E-state index contributed by atoms with van der Waals surface area (Å²) < 4.78 is 13.6. The number of nitrogens with one attached hydrogen (secondary N) is 1. The molecule has 3 nitrogen and oxygen atoms in total. The first-order chi connectivity index (χ1) is 8.56. The van der Waals surface area contributed by atoms with Gasteiger partial charge >= 0.3 is 0 Å². The van der Waals surface area contributed by atoms with Gasteiger partial charge in [-0.2, -0.15) is 0 Å². The molecule has 1 aromatic carbocycles. The molecule has 2 rings (SSSR count). The topological polar surface area (TPSA) is 42.0 Å². The number of benzene rings is 1. The first kappa shape index (κ1) is 12.7. The van der Waals surface area contributed by atoms with Crippen LogP contribution >= 0.6 is 15.9 Å². The number of anilines is 1. The Morgan fingerprint density at radius 2 is 2.11 bits per heavy atom. The fourth-order valence-electron chi connectivity index (χ4n) is 1.41. The molecule has 2 aromatic rings. The van der Waals surface area contributed by atoms with E-state index in [-0.39, 0.29) is 11.5 Å². The van der Waals surface area contributed by atoms with E-state index in [0.29, 0.717) is 10.2 Å². The van der Waals surface area contributed by atoms with E-state index < -0.39 is 5.82 Å². The average molecular weight is 309 g/mol. The van der Waals surface area contributed by atoms with E-state index in [0.717, 1.165) is 5.69 Å². The maximum Gasteiger partial charge on any atom is 0.256 e. The third-order valence-electron chi connectivity index (χ3n) is 2.34. The monoisotopic (exact) mass is 308 g/mol. The fourth-order valence-corrected chi connectivity index (χ4v) is 1.84. The number of nitrogens with zero attached hydrogens (tertiary/aromatic N) is 1. The minimum Gasteiger partial charge on any atom is -0.321 e. The van der Waals surface area contributed by atoms with Crippen molar-refractivity contribution >= 4 is 27.5 Å². The highest BCUT2D eigenvalue weighted by molar-refractivity contribution is 9.10. The molecule has 1 amide bonds. The zero-order chi connectivity index (χ0) is 13.1. The van der Waals surface area contributed by atoms with Gasteiger partial charge in [-0.1, -0.05) is 0 Å². The summed E-state index contributed by atoms with van der Waals surface area (Å²) in [6, 6.07) is 7.50. The Morgan fingerprint density at radius 3 is 2.78 bits per heavy atom. The molecule has 0 atom stereocenters. The maximum atomic E-state index is 13.1. The number of carbonyl (C=O) groups is 1. The van der Waals surface area contributed by atoms with Crippen LogP contribution in [0.15, 0.2) is 41.0 Å². The molecular formula is C13H10BrFN2O. The van der Waals surface area contributed by atoms with Gasteiger partial charge in [0.1, 0.15) is 5.82 Å². The Labute approximate surface area is 112 Å². The number of hydrogen-bond donors (Lipinski definition) is 1. The number of hydrogen-bond acceptors (Lipinski definition) is 2. The van der Waals surface area contributed by atoms with E-state index in [1.54, 1.807) is 18.3 Å². The molecule has 92 valence electrons. The largest absolute Gasteiger partial charge is 0.321 e. The molecule has 5 heteroatoms. The van der Waals surface area contributed by atoms with Gasteiger partial charge in [-0.15, -0.1) is 0 Å². The molecule has 0 spiro atoms. The van der Waals surface area contributed by atoms with Crippen LogP contribution in [0.4, 0.5) is 10.1 Å². The van der Waals surface area contributed by atoms with Crippen molar-refractivity contribution < 1.29 is 9.18 Å². The molecule has 18 heavy (non-hydrogen) atoms. The second-order valence-corrected chi connectivity index (χ2v) is 4.62. The smallest absolute Gasteiger partial charge is 0.256 e. The third kappa shape index (κ3) is 2.92. The Hall–Kier alpha value is -1.75. The summed E-state index contributed by atoms with van der Waals surface area (Å²) in [4.78, 5) is 16.0. The Morgan fingerprint density at radius 1 is 1.33 bits per heavy atom. The molecule has 1 heterocycles. The summed E-state index contributed by atoms with van der Waals surface area (Å²) in [5.74, 6) is -0.836. The van der Waals surface area contributed by atoms with Gasteiger partial charge in [-0.3, -0.25) is 9.78 Å². The quantitative estimate of drug-likeness (QED) is 0.922. The van der Waals surface area contributed by atoms with Gasteiger partial charge in [0.2, 0.25) is 0 Å². The van der Waals surface area contributed by atoms with Crippen LogP contribution in [0.1, 0.15) is 16.1 Å². The molecule has 0 aliphatic carbocycles. The van der Waals surface area contributed by atoms with Crippen molar-refractivity contribution in [3.63, 3.8) is 0 Å². The van der Waals surface area contributed by atoms with Crippen molar-refractivity contribution in [2.45, 2.75) is 6.92 Å². The standard InChI is InChI=1S/C13H10BrFN2O/c1-8-2-4-10(7-16-8)17-13(18)11-6-9(15)3-5-12(11)14/h2-7H,1H3,(H,17,18). The Balaban J connectivity index is 2.21. The molecule has 0 fully saturated rings.